The molecule has 1 aromatic carbocycles. The molecule has 2 aromatic heterocycles. The van der Waals surface area contributed by atoms with E-state index in [2.05, 4.69) is 28.6 Å². The van der Waals surface area contributed by atoms with Gasteiger partial charge in [-0.2, -0.15) is 10.4 Å². The number of hydrogen-bond acceptors (Lipinski definition) is 5. The van der Waals surface area contributed by atoms with Gasteiger partial charge >= 0.3 is 0 Å². The van der Waals surface area contributed by atoms with Crippen molar-refractivity contribution in [2.45, 2.75) is 57.2 Å². The topological polar surface area (TPSA) is 98.5 Å². The van der Waals surface area contributed by atoms with Crippen molar-refractivity contribution in [3.8, 4) is 6.07 Å². The SMILES string of the molecule is C[C@H](N[C@@H]1CC[C@@H](n2nc(Nc3ccc(Cl)cc3)c3c(=O)[nH]ccc32)[C@H](C#N)C1)C1CC1. The molecule has 2 aliphatic rings. The molecule has 0 amide bonds. The zero-order chi connectivity index (χ0) is 22.2. The Morgan fingerprint density at radius 1 is 1.22 bits per heavy atom. The van der Waals surface area contributed by atoms with Gasteiger partial charge in [-0.05, 0) is 75.3 Å². The number of nitrogens with zero attached hydrogens (tertiary/aromatic N) is 3. The lowest BCUT2D eigenvalue weighted by atomic mass is 9.82. The van der Waals surface area contributed by atoms with E-state index in [4.69, 9.17) is 16.7 Å². The first-order chi connectivity index (χ1) is 15.5. The van der Waals surface area contributed by atoms with Crippen molar-refractivity contribution >= 4 is 34.0 Å². The second-order valence-electron chi connectivity index (χ2n) is 9.10. The van der Waals surface area contributed by atoms with Gasteiger partial charge in [-0.3, -0.25) is 9.48 Å². The smallest absolute Gasteiger partial charge is 0.261 e. The van der Waals surface area contributed by atoms with Crippen LogP contribution in [0, 0.1) is 23.2 Å². The Hall–Kier alpha value is -2.82. The zero-order valence-electron chi connectivity index (χ0n) is 18.0. The van der Waals surface area contributed by atoms with Gasteiger partial charge in [0.2, 0.25) is 0 Å². The Balaban J connectivity index is 1.44. The molecule has 2 aliphatic carbocycles. The molecule has 2 heterocycles. The van der Waals surface area contributed by atoms with Gasteiger partial charge in [-0.25, -0.2) is 0 Å². The van der Waals surface area contributed by atoms with Crippen molar-refractivity contribution in [1.82, 2.24) is 20.1 Å². The van der Waals surface area contributed by atoms with Crippen LogP contribution in [0.2, 0.25) is 5.02 Å². The van der Waals surface area contributed by atoms with Crippen LogP contribution in [0.5, 0.6) is 0 Å². The molecule has 0 bridgehead atoms. The van der Waals surface area contributed by atoms with Gasteiger partial charge < -0.3 is 15.6 Å². The fourth-order valence-corrected chi connectivity index (χ4v) is 5.08. The van der Waals surface area contributed by atoms with Crippen molar-refractivity contribution in [3.63, 3.8) is 0 Å². The molecule has 0 saturated heterocycles. The maximum absolute atomic E-state index is 12.7. The Morgan fingerprint density at radius 2 is 2.00 bits per heavy atom. The summed E-state index contributed by atoms with van der Waals surface area (Å²) in [7, 11) is 0. The first kappa shape index (κ1) is 21.0. The first-order valence-electron chi connectivity index (χ1n) is 11.3. The van der Waals surface area contributed by atoms with Gasteiger partial charge in [0.1, 0.15) is 5.39 Å². The molecule has 3 aromatic rings. The van der Waals surface area contributed by atoms with E-state index in [1.54, 1.807) is 18.3 Å². The molecule has 0 spiro atoms. The third-order valence-electron chi connectivity index (χ3n) is 6.86. The molecule has 166 valence electrons. The second kappa shape index (κ2) is 8.61. The van der Waals surface area contributed by atoms with Gasteiger partial charge in [-0.15, -0.1) is 0 Å². The molecule has 2 fully saturated rings. The highest BCUT2D eigenvalue weighted by molar-refractivity contribution is 6.30. The molecular weight excluding hydrogens is 424 g/mol. The normalized spacial score (nSPS) is 24.2. The second-order valence-corrected chi connectivity index (χ2v) is 9.53. The quantitative estimate of drug-likeness (QED) is 0.503. The summed E-state index contributed by atoms with van der Waals surface area (Å²) in [5.41, 5.74) is 1.34. The van der Waals surface area contributed by atoms with Crippen LogP contribution in [0.15, 0.2) is 41.3 Å². The summed E-state index contributed by atoms with van der Waals surface area (Å²) >= 11 is 6.00. The van der Waals surface area contributed by atoms with E-state index in [-0.39, 0.29) is 17.5 Å². The first-order valence-corrected chi connectivity index (χ1v) is 11.7. The lowest BCUT2D eigenvalue weighted by molar-refractivity contribution is 0.219. The van der Waals surface area contributed by atoms with Crippen LogP contribution in [0.25, 0.3) is 10.9 Å². The highest BCUT2D eigenvalue weighted by Gasteiger charge is 2.36. The summed E-state index contributed by atoms with van der Waals surface area (Å²) in [4.78, 5) is 15.4. The van der Waals surface area contributed by atoms with E-state index < -0.39 is 0 Å². The molecular formula is C24H27ClN6O. The van der Waals surface area contributed by atoms with Crippen molar-refractivity contribution in [2.24, 2.45) is 11.8 Å². The fourth-order valence-electron chi connectivity index (χ4n) is 4.95. The Labute approximate surface area is 191 Å². The van der Waals surface area contributed by atoms with Gasteiger partial charge in [-0.1, -0.05) is 11.6 Å². The summed E-state index contributed by atoms with van der Waals surface area (Å²) in [6.45, 7) is 2.26. The molecule has 2 saturated carbocycles. The number of H-pyrrole nitrogens is 1. The number of nitriles is 1. The lowest BCUT2D eigenvalue weighted by Crippen LogP contribution is -2.43. The minimum atomic E-state index is -0.202. The number of aromatic nitrogens is 3. The Morgan fingerprint density at radius 3 is 2.72 bits per heavy atom. The summed E-state index contributed by atoms with van der Waals surface area (Å²) in [5, 5.41) is 22.9. The van der Waals surface area contributed by atoms with E-state index in [1.807, 2.05) is 22.9 Å². The van der Waals surface area contributed by atoms with E-state index in [9.17, 15) is 10.1 Å². The summed E-state index contributed by atoms with van der Waals surface area (Å²) in [6.07, 6.45) is 6.88. The molecule has 0 radical (unpaired) electrons. The Kier molecular flexibility index (Phi) is 5.66. The number of hydrogen-bond donors (Lipinski definition) is 3. The Bertz CT molecular complexity index is 1210. The molecule has 5 rings (SSSR count). The van der Waals surface area contributed by atoms with Gasteiger partial charge in [0.15, 0.2) is 5.82 Å². The standard InChI is InChI=1S/C24H27ClN6O/c1-14(15-2-3-15)28-19-8-9-20(16(12-19)13-26)31-21-10-11-27-24(32)22(21)23(30-31)29-18-6-4-17(25)5-7-18/h4-7,10-11,14-16,19-20,28H,2-3,8-9,12H2,1H3,(H,27,32)(H,29,30)/t14-,16-,19+,20+/m0/s1. The number of benzene rings is 1. The molecule has 8 heteroatoms. The summed E-state index contributed by atoms with van der Waals surface area (Å²) in [6, 6.07) is 12.4. The minimum Gasteiger partial charge on any atom is -0.338 e. The number of fused-ring (bicyclic) bond motifs is 1. The molecule has 4 atom stereocenters. The van der Waals surface area contributed by atoms with Crippen LogP contribution in [-0.2, 0) is 0 Å². The molecule has 0 unspecified atom stereocenters. The largest absolute Gasteiger partial charge is 0.338 e. The van der Waals surface area contributed by atoms with Crippen LogP contribution < -0.4 is 16.2 Å². The van der Waals surface area contributed by atoms with E-state index in [0.29, 0.717) is 28.3 Å². The fraction of sp³-hybridized carbons (Fsp3) is 0.458. The van der Waals surface area contributed by atoms with E-state index >= 15 is 0 Å². The third kappa shape index (κ3) is 4.13. The van der Waals surface area contributed by atoms with Crippen molar-refractivity contribution in [1.29, 1.82) is 5.26 Å². The van der Waals surface area contributed by atoms with Crippen LogP contribution in [0.3, 0.4) is 0 Å². The summed E-state index contributed by atoms with van der Waals surface area (Å²) < 4.78 is 1.89. The van der Waals surface area contributed by atoms with Crippen LogP contribution in [-0.4, -0.2) is 26.8 Å². The number of pyridine rings is 1. The average Bonchev–Trinajstić information content (AvgIpc) is 3.58. The molecule has 32 heavy (non-hydrogen) atoms. The highest BCUT2D eigenvalue weighted by Crippen LogP contribution is 2.38. The third-order valence-corrected chi connectivity index (χ3v) is 7.11. The van der Waals surface area contributed by atoms with E-state index in [0.717, 1.165) is 36.4 Å². The maximum atomic E-state index is 12.7. The predicted octanol–water partition coefficient (Wildman–Crippen LogP) is 4.74. The highest BCUT2D eigenvalue weighted by atomic mass is 35.5. The molecule has 3 N–H and O–H groups in total. The predicted molar refractivity (Wildman–Crippen MR) is 126 cm³/mol. The number of rotatable bonds is 6. The molecule has 7 nitrogen and oxygen atoms in total. The minimum absolute atomic E-state index is 0.0700. The number of aromatic amines is 1. The number of nitrogens with one attached hydrogen (secondary N) is 3. The van der Waals surface area contributed by atoms with Crippen LogP contribution in [0.1, 0.15) is 45.1 Å². The monoisotopic (exact) mass is 450 g/mol. The summed E-state index contributed by atoms with van der Waals surface area (Å²) in [5.74, 6) is 1.11. The van der Waals surface area contributed by atoms with E-state index in [1.165, 1.54) is 12.8 Å². The average molecular weight is 451 g/mol. The number of anilines is 2. The van der Waals surface area contributed by atoms with Gasteiger partial charge in [0.25, 0.3) is 5.56 Å². The van der Waals surface area contributed by atoms with Crippen molar-refractivity contribution < 1.29 is 0 Å². The van der Waals surface area contributed by atoms with Crippen LogP contribution in [0.4, 0.5) is 11.5 Å². The van der Waals surface area contributed by atoms with Crippen molar-refractivity contribution in [3.05, 3.63) is 51.9 Å². The number of halogens is 1. The van der Waals surface area contributed by atoms with Gasteiger partial charge in [0.05, 0.1) is 23.5 Å². The molecule has 0 aliphatic heterocycles. The maximum Gasteiger partial charge on any atom is 0.261 e. The van der Waals surface area contributed by atoms with Crippen LogP contribution >= 0.6 is 11.6 Å². The van der Waals surface area contributed by atoms with Gasteiger partial charge in [0, 0.05) is 29.0 Å². The zero-order valence-corrected chi connectivity index (χ0v) is 18.8. The van der Waals surface area contributed by atoms with Crippen molar-refractivity contribution in [2.75, 3.05) is 5.32 Å². The lowest BCUT2D eigenvalue weighted by Gasteiger charge is -2.35.